The molecule has 0 N–H and O–H groups in total. The minimum absolute atomic E-state index is 0.0428. The molecule has 2 unspecified atom stereocenters. The Bertz CT molecular complexity index is 1010. The van der Waals surface area contributed by atoms with Crippen LogP contribution in [-0.4, -0.2) is 35.4 Å². The molecule has 1 saturated heterocycles. The smallest absolute Gasteiger partial charge is 0.374 e. The van der Waals surface area contributed by atoms with E-state index in [9.17, 15) is 0 Å². The maximum Gasteiger partial charge on any atom is 0.374 e. The molecule has 0 bridgehead atoms. The lowest BCUT2D eigenvalue weighted by Gasteiger charge is -2.45. The van der Waals surface area contributed by atoms with Gasteiger partial charge in [0.2, 0.25) is 5.71 Å². The normalized spacial score (nSPS) is 30.8. The number of aryl methyl sites for hydroxylation is 1. The summed E-state index contributed by atoms with van der Waals surface area (Å²) in [6.07, 6.45) is 2.71. The highest BCUT2D eigenvalue weighted by atomic mass is 16.3. The van der Waals surface area contributed by atoms with E-state index >= 15 is 0 Å². The van der Waals surface area contributed by atoms with Crippen molar-refractivity contribution < 1.29 is 8.53 Å². The molecular weight excluding hydrogens is 321 g/mol. The van der Waals surface area contributed by atoms with Crippen LogP contribution in [0.2, 0.25) is 0 Å². The molecule has 0 spiro atoms. The van der Waals surface area contributed by atoms with Gasteiger partial charge < -0.3 is 14.0 Å². The number of hydrogen-bond donors (Lipinski definition) is 0. The van der Waals surface area contributed by atoms with Gasteiger partial charge in [-0.15, -0.1) is 0 Å². The van der Waals surface area contributed by atoms with Gasteiger partial charge in [-0.2, -0.15) is 0 Å². The van der Waals surface area contributed by atoms with Crippen molar-refractivity contribution in [3.8, 4) is 0 Å². The summed E-state index contributed by atoms with van der Waals surface area (Å²) >= 11 is 0. The van der Waals surface area contributed by atoms with Crippen LogP contribution in [0.4, 0.5) is 5.69 Å². The first kappa shape index (κ1) is 14.3. The molecule has 0 saturated carbocycles. The van der Waals surface area contributed by atoms with Gasteiger partial charge >= 0.3 is 6.98 Å². The minimum Gasteiger partial charge on any atom is -0.436 e. The molecule has 26 heavy (non-hydrogen) atoms. The van der Waals surface area contributed by atoms with Crippen molar-refractivity contribution in [3.63, 3.8) is 0 Å². The number of anilines is 1. The third-order valence-electron chi connectivity index (χ3n) is 6.28. The molecule has 138 valence electrons. The largest absolute Gasteiger partial charge is 0.436 e. The summed E-state index contributed by atoms with van der Waals surface area (Å²) in [5.74, 6) is 0.817. The van der Waals surface area contributed by atoms with E-state index < -0.39 is 12.3 Å². The molecule has 0 amide bonds. The van der Waals surface area contributed by atoms with Crippen molar-refractivity contribution in [2.75, 3.05) is 11.9 Å². The number of furan rings is 1. The van der Waals surface area contributed by atoms with E-state index in [1.165, 1.54) is 0 Å². The van der Waals surface area contributed by atoms with Crippen molar-refractivity contribution in [3.05, 3.63) is 29.1 Å². The fourth-order valence-electron chi connectivity index (χ4n) is 5.16. The Labute approximate surface area is 161 Å². The zero-order valence-corrected chi connectivity index (χ0v) is 16.8. The molecule has 5 heteroatoms. The zero-order chi connectivity index (χ0) is 21.5. The van der Waals surface area contributed by atoms with Crippen LogP contribution in [0.15, 0.2) is 22.0 Å². The van der Waals surface area contributed by atoms with Crippen LogP contribution in [0.5, 0.6) is 0 Å². The van der Waals surface area contributed by atoms with E-state index in [2.05, 4.69) is 61.5 Å². The van der Waals surface area contributed by atoms with Crippen LogP contribution >= 0.6 is 0 Å². The topological polar surface area (TPSA) is 32.5 Å². The average molecular weight is 354 g/mol. The van der Waals surface area contributed by atoms with Crippen LogP contribution in [0.1, 0.15) is 63.5 Å². The number of aromatic nitrogens is 1. The van der Waals surface area contributed by atoms with Gasteiger partial charge in [-0.25, -0.2) is 4.98 Å². The monoisotopic (exact) mass is 354 g/mol. The van der Waals surface area contributed by atoms with E-state index in [-0.39, 0.29) is 18.6 Å². The lowest BCUT2D eigenvalue weighted by atomic mass is 9.59. The highest BCUT2D eigenvalue weighted by Crippen LogP contribution is 2.49. The standard InChI is InChI=1S/C21H30BN3O/c1-13-11-17-18(16-10-9-14(2)23-19(16)26-17)24(8)22(13)25-15(3)20(4,5)12-21(25,6)7/h9-11,15H,12H2,1-8H3/i4D3. The molecule has 4 rings (SSSR count). The van der Waals surface area contributed by atoms with Crippen LogP contribution in [0.3, 0.4) is 0 Å². The average Bonchev–Trinajstić information content (AvgIpc) is 3.01. The Morgan fingerprint density at radius 3 is 2.69 bits per heavy atom. The van der Waals surface area contributed by atoms with E-state index in [1.807, 2.05) is 19.9 Å². The van der Waals surface area contributed by atoms with Crippen molar-refractivity contribution in [1.29, 1.82) is 0 Å². The fourth-order valence-corrected chi connectivity index (χ4v) is 5.16. The Hall–Kier alpha value is -1.75. The fraction of sp³-hybridized carbons (Fsp3) is 0.571. The number of pyridine rings is 1. The lowest BCUT2D eigenvalue weighted by Crippen LogP contribution is -2.61. The number of fused-ring (bicyclic) bond motifs is 3. The summed E-state index contributed by atoms with van der Waals surface area (Å²) < 4.78 is 30.7. The molecule has 0 aliphatic carbocycles. The van der Waals surface area contributed by atoms with Gasteiger partial charge in [0, 0.05) is 21.4 Å². The minimum atomic E-state index is -2.02. The van der Waals surface area contributed by atoms with Crippen LogP contribution < -0.4 is 4.81 Å². The van der Waals surface area contributed by atoms with Crippen molar-refractivity contribution in [1.82, 2.24) is 9.79 Å². The zero-order valence-electron chi connectivity index (χ0n) is 19.8. The number of nitrogens with zero attached hydrogens (tertiary/aromatic N) is 3. The van der Waals surface area contributed by atoms with Gasteiger partial charge in [-0.3, -0.25) is 0 Å². The maximum absolute atomic E-state index is 8.21. The van der Waals surface area contributed by atoms with Gasteiger partial charge in [-0.05, 0) is 71.7 Å². The summed E-state index contributed by atoms with van der Waals surface area (Å²) in [5, 5.41) is 0.991. The van der Waals surface area contributed by atoms with Crippen LogP contribution in [0, 0.1) is 12.3 Å². The Morgan fingerprint density at radius 2 is 2.04 bits per heavy atom. The third-order valence-corrected chi connectivity index (χ3v) is 6.28. The second kappa shape index (κ2) is 5.38. The van der Waals surface area contributed by atoms with E-state index in [0.717, 1.165) is 28.0 Å². The first-order valence-electron chi connectivity index (χ1n) is 10.9. The first-order chi connectivity index (χ1) is 13.3. The third kappa shape index (κ3) is 2.36. The molecule has 1 fully saturated rings. The predicted octanol–water partition coefficient (Wildman–Crippen LogP) is 4.92. The Morgan fingerprint density at radius 1 is 1.31 bits per heavy atom. The first-order valence-corrected chi connectivity index (χ1v) is 9.37. The molecular formula is C21H30BN3O. The van der Waals surface area contributed by atoms with Crippen LogP contribution in [-0.2, 0) is 0 Å². The number of rotatable bonds is 1. The molecule has 0 radical (unpaired) electrons. The molecule has 2 atom stereocenters. The number of hydrogen-bond acceptors (Lipinski definition) is 4. The maximum atomic E-state index is 8.21. The van der Waals surface area contributed by atoms with E-state index in [1.54, 1.807) is 0 Å². The summed E-state index contributed by atoms with van der Waals surface area (Å²) in [6, 6.07) is 3.95. The van der Waals surface area contributed by atoms with Gasteiger partial charge in [0.05, 0.1) is 11.1 Å². The van der Waals surface area contributed by atoms with Gasteiger partial charge in [0.1, 0.15) is 0 Å². The molecule has 0 aromatic carbocycles. The summed E-state index contributed by atoms with van der Waals surface area (Å²) in [4.78, 5) is 9.17. The summed E-state index contributed by atoms with van der Waals surface area (Å²) in [5.41, 5.74) is 2.70. The van der Waals surface area contributed by atoms with Crippen molar-refractivity contribution in [2.24, 2.45) is 5.41 Å². The van der Waals surface area contributed by atoms with E-state index in [0.29, 0.717) is 12.1 Å². The second-order valence-corrected chi connectivity index (χ2v) is 8.98. The number of allylic oxidation sites excluding steroid dienone is 1. The van der Waals surface area contributed by atoms with Gasteiger partial charge in [0.25, 0.3) is 0 Å². The van der Waals surface area contributed by atoms with Crippen LogP contribution in [0.25, 0.3) is 17.2 Å². The van der Waals surface area contributed by atoms with Crippen molar-refractivity contribution in [2.45, 2.75) is 66.4 Å². The van der Waals surface area contributed by atoms with E-state index in [4.69, 9.17) is 8.53 Å². The highest BCUT2D eigenvalue weighted by molar-refractivity contribution is 6.70. The molecule has 4 heterocycles. The predicted molar refractivity (Wildman–Crippen MR) is 110 cm³/mol. The molecule has 2 aromatic rings. The molecule has 2 aliphatic heterocycles. The second-order valence-electron chi connectivity index (χ2n) is 8.98. The highest BCUT2D eigenvalue weighted by Gasteiger charge is 2.54. The lowest BCUT2D eigenvalue weighted by molar-refractivity contribution is 0.234. The summed E-state index contributed by atoms with van der Waals surface area (Å²) in [7, 11) is 2.07. The quantitative estimate of drug-likeness (QED) is 0.681. The Balaban J connectivity index is 1.83. The molecule has 2 aliphatic rings. The Kier molecular flexibility index (Phi) is 2.97. The van der Waals surface area contributed by atoms with Gasteiger partial charge in [0.15, 0.2) is 5.76 Å². The molecule has 4 nitrogen and oxygen atoms in total. The SMILES string of the molecule is [2H]C([2H])([2H])C1(C)CC(C)(C)N(B2C(C)=Cc3oc4nc(C)ccc4c3N2C)C1C. The molecule has 2 aromatic heterocycles. The van der Waals surface area contributed by atoms with Crippen molar-refractivity contribution >= 4 is 29.8 Å². The summed E-state index contributed by atoms with van der Waals surface area (Å²) in [6.45, 7) is 10.3. The van der Waals surface area contributed by atoms with Gasteiger partial charge in [-0.1, -0.05) is 19.2 Å².